The lowest BCUT2D eigenvalue weighted by molar-refractivity contribution is 0.0735. The monoisotopic (exact) mass is 298 g/mol. The Labute approximate surface area is 123 Å². The summed E-state index contributed by atoms with van der Waals surface area (Å²) in [5.41, 5.74) is 0.620. The second-order valence-corrected chi connectivity index (χ2v) is 6.79. The maximum Gasteiger partial charge on any atom is 0.254 e. The molecule has 2 atom stereocenters. The Morgan fingerprint density at radius 2 is 2.37 bits per heavy atom. The third-order valence-corrected chi connectivity index (χ3v) is 5.04. The summed E-state index contributed by atoms with van der Waals surface area (Å²) in [6.07, 6.45) is 4.98. The molecule has 1 aliphatic carbocycles. The van der Waals surface area contributed by atoms with E-state index in [0.29, 0.717) is 22.0 Å². The number of hydrogen-bond donors (Lipinski definition) is 0. The van der Waals surface area contributed by atoms with Crippen molar-refractivity contribution >= 4 is 29.3 Å². The molecule has 0 bridgehead atoms. The zero-order valence-electron chi connectivity index (χ0n) is 11.3. The topological polar surface area (TPSA) is 33.2 Å². The molecular formula is C14H19ClN2OS. The Morgan fingerprint density at radius 3 is 3.05 bits per heavy atom. The molecule has 0 radical (unpaired) electrons. The quantitative estimate of drug-likeness (QED) is 0.798. The zero-order chi connectivity index (χ0) is 13.8. The largest absolute Gasteiger partial charge is 0.339 e. The number of aromatic nitrogens is 1. The summed E-state index contributed by atoms with van der Waals surface area (Å²) >= 11 is 7.83. The first-order valence-electron chi connectivity index (χ1n) is 6.62. The maximum atomic E-state index is 12.4. The molecular weight excluding hydrogens is 280 g/mol. The van der Waals surface area contributed by atoms with Crippen molar-refractivity contribution in [1.82, 2.24) is 9.88 Å². The fraction of sp³-hybridized carbons (Fsp3) is 0.571. The number of thioether (sulfide) groups is 1. The molecule has 0 N–H and O–H groups in total. The van der Waals surface area contributed by atoms with Crippen LogP contribution in [0.1, 0.15) is 36.5 Å². The van der Waals surface area contributed by atoms with Gasteiger partial charge in [0.1, 0.15) is 5.15 Å². The summed E-state index contributed by atoms with van der Waals surface area (Å²) in [6.45, 7) is 2.19. The van der Waals surface area contributed by atoms with Gasteiger partial charge in [-0.3, -0.25) is 4.79 Å². The van der Waals surface area contributed by atoms with Crippen molar-refractivity contribution in [1.29, 1.82) is 0 Å². The number of carbonyl (C=O) groups is 1. The normalized spacial score (nSPS) is 22.5. The Morgan fingerprint density at radius 1 is 1.58 bits per heavy atom. The van der Waals surface area contributed by atoms with E-state index in [4.69, 9.17) is 11.6 Å². The molecule has 0 aliphatic heterocycles. The molecule has 1 heterocycles. The number of carbonyl (C=O) groups excluding carboxylic acids is 1. The molecule has 3 nitrogen and oxygen atoms in total. The number of amides is 1. The van der Waals surface area contributed by atoms with Gasteiger partial charge in [-0.05, 0) is 37.1 Å². The summed E-state index contributed by atoms with van der Waals surface area (Å²) in [6, 6.07) is 3.70. The first-order valence-corrected chi connectivity index (χ1v) is 8.04. The van der Waals surface area contributed by atoms with E-state index in [0.717, 1.165) is 18.6 Å². The van der Waals surface area contributed by atoms with Gasteiger partial charge in [0.05, 0.1) is 0 Å². The van der Waals surface area contributed by atoms with E-state index in [9.17, 15) is 4.79 Å². The van der Waals surface area contributed by atoms with Gasteiger partial charge in [-0.2, -0.15) is 11.8 Å². The predicted octanol–water partition coefficient (Wildman–Crippen LogP) is 3.48. The standard InChI is InChI=1S/C14H19ClN2OS/c1-3-19-12-5-4-11(9-12)17(2)14(18)10-6-7-16-13(15)8-10/h6-8,11-12H,3-5,9H2,1-2H3/t11-,12+/m0/s1. The molecule has 2 rings (SSSR count). The van der Waals surface area contributed by atoms with Crippen molar-refractivity contribution in [3.05, 3.63) is 29.0 Å². The maximum absolute atomic E-state index is 12.4. The van der Waals surface area contributed by atoms with E-state index in [2.05, 4.69) is 11.9 Å². The summed E-state index contributed by atoms with van der Waals surface area (Å²) in [4.78, 5) is 18.2. The van der Waals surface area contributed by atoms with Crippen LogP contribution in [0, 0.1) is 0 Å². The molecule has 1 aliphatic rings. The highest BCUT2D eigenvalue weighted by molar-refractivity contribution is 7.99. The summed E-state index contributed by atoms with van der Waals surface area (Å²) < 4.78 is 0. The molecule has 1 aromatic heterocycles. The van der Waals surface area contributed by atoms with Gasteiger partial charge in [-0.15, -0.1) is 0 Å². The van der Waals surface area contributed by atoms with Gasteiger partial charge in [-0.25, -0.2) is 4.98 Å². The summed E-state index contributed by atoms with van der Waals surface area (Å²) in [5, 5.41) is 1.07. The minimum absolute atomic E-state index is 0.0384. The fourth-order valence-corrected chi connectivity index (χ4v) is 3.87. The molecule has 0 unspecified atom stereocenters. The van der Waals surface area contributed by atoms with Crippen LogP contribution in [0.5, 0.6) is 0 Å². The molecule has 1 aromatic rings. The molecule has 0 saturated heterocycles. The van der Waals surface area contributed by atoms with Crippen LogP contribution >= 0.6 is 23.4 Å². The number of hydrogen-bond acceptors (Lipinski definition) is 3. The van der Waals surface area contributed by atoms with Crippen molar-refractivity contribution in [3.8, 4) is 0 Å². The van der Waals surface area contributed by atoms with E-state index in [1.54, 1.807) is 18.3 Å². The van der Waals surface area contributed by atoms with Crippen LogP contribution in [0.25, 0.3) is 0 Å². The van der Waals surface area contributed by atoms with Gasteiger partial charge in [0.15, 0.2) is 0 Å². The van der Waals surface area contributed by atoms with Gasteiger partial charge >= 0.3 is 0 Å². The average Bonchev–Trinajstić information content (AvgIpc) is 2.86. The lowest BCUT2D eigenvalue weighted by atomic mass is 10.2. The van der Waals surface area contributed by atoms with Crippen LogP contribution in [0.4, 0.5) is 0 Å². The van der Waals surface area contributed by atoms with Crippen molar-refractivity contribution in [2.75, 3.05) is 12.8 Å². The van der Waals surface area contributed by atoms with Gasteiger partial charge in [0, 0.05) is 30.1 Å². The third-order valence-electron chi connectivity index (χ3n) is 3.60. The Bertz CT molecular complexity index is 455. The highest BCUT2D eigenvalue weighted by atomic mass is 35.5. The van der Waals surface area contributed by atoms with Crippen LogP contribution in [0.3, 0.4) is 0 Å². The second-order valence-electron chi connectivity index (χ2n) is 4.83. The molecule has 1 saturated carbocycles. The van der Waals surface area contributed by atoms with Crippen molar-refractivity contribution in [2.45, 2.75) is 37.5 Å². The van der Waals surface area contributed by atoms with Crippen LogP contribution in [0.2, 0.25) is 5.15 Å². The lowest BCUT2D eigenvalue weighted by Crippen LogP contribution is -2.35. The lowest BCUT2D eigenvalue weighted by Gasteiger charge is -2.24. The van der Waals surface area contributed by atoms with Crippen molar-refractivity contribution in [3.63, 3.8) is 0 Å². The molecule has 104 valence electrons. The van der Waals surface area contributed by atoms with E-state index in [1.807, 2.05) is 23.7 Å². The van der Waals surface area contributed by atoms with Crippen LogP contribution in [-0.4, -0.2) is 39.9 Å². The Hall–Kier alpha value is -0.740. The van der Waals surface area contributed by atoms with Crippen molar-refractivity contribution < 1.29 is 4.79 Å². The second kappa shape index (κ2) is 6.62. The number of nitrogens with zero attached hydrogens (tertiary/aromatic N) is 2. The van der Waals surface area contributed by atoms with Gasteiger partial charge < -0.3 is 4.90 Å². The first kappa shape index (κ1) is 14.7. The number of rotatable bonds is 4. The van der Waals surface area contributed by atoms with Crippen LogP contribution < -0.4 is 0 Å². The molecule has 19 heavy (non-hydrogen) atoms. The highest BCUT2D eigenvalue weighted by Gasteiger charge is 2.30. The zero-order valence-corrected chi connectivity index (χ0v) is 12.9. The van der Waals surface area contributed by atoms with Crippen molar-refractivity contribution in [2.24, 2.45) is 0 Å². The smallest absolute Gasteiger partial charge is 0.254 e. The van der Waals surface area contributed by atoms with E-state index >= 15 is 0 Å². The minimum Gasteiger partial charge on any atom is -0.339 e. The summed E-state index contributed by atoms with van der Waals surface area (Å²) in [5.74, 6) is 1.19. The third kappa shape index (κ3) is 3.63. The molecule has 0 aromatic carbocycles. The van der Waals surface area contributed by atoms with E-state index in [1.165, 1.54) is 6.42 Å². The van der Waals surface area contributed by atoms with E-state index in [-0.39, 0.29) is 5.91 Å². The highest BCUT2D eigenvalue weighted by Crippen LogP contribution is 2.32. The SMILES string of the molecule is CCS[C@@H]1CC[C@H](N(C)C(=O)c2ccnc(Cl)c2)C1. The molecule has 1 amide bonds. The first-order chi connectivity index (χ1) is 9.11. The van der Waals surface area contributed by atoms with Gasteiger partial charge in [0.2, 0.25) is 0 Å². The Kier molecular flexibility index (Phi) is 5.11. The predicted molar refractivity (Wildman–Crippen MR) is 80.9 cm³/mol. The molecule has 1 fully saturated rings. The summed E-state index contributed by atoms with van der Waals surface area (Å²) in [7, 11) is 1.89. The van der Waals surface area contributed by atoms with Crippen LogP contribution in [-0.2, 0) is 0 Å². The van der Waals surface area contributed by atoms with Gasteiger partial charge in [0.25, 0.3) is 5.91 Å². The van der Waals surface area contributed by atoms with Crippen LogP contribution in [0.15, 0.2) is 18.3 Å². The van der Waals surface area contributed by atoms with E-state index < -0.39 is 0 Å². The fourth-order valence-electron chi connectivity index (χ4n) is 2.56. The minimum atomic E-state index is 0.0384. The number of pyridine rings is 1. The number of halogens is 1. The molecule has 0 spiro atoms. The molecule has 5 heteroatoms. The Balaban J connectivity index is 2.00. The average molecular weight is 299 g/mol. The van der Waals surface area contributed by atoms with Gasteiger partial charge in [-0.1, -0.05) is 18.5 Å².